The number of anilines is 1. The molecule has 0 saturated carbocycles. The predicted octanol–water partition coefficient (Wildman–Crippen LogP) is 2.85. The number of carbonyl (C=O) groups excluding carboxylic acids is 1. The second kappa shape index (κ2) is 8.43. The minimum atomic E-state index is -3.57. The molecule has 0 aliphatic heterocycles. The van der Waals surface area contributed by atoms with Crippen molar-refractivity contribution in [2.24, 2.45) is 0 Å². The summed E-state index contributed by atoms with van der Waals surface area (Å²) in [4.78, 5) is 14.8. The van der Waals surface area contributed by atoms with Gasteiger partial charge in [-0.1, -0.05) is 30.3 Å². The largest absolute Gasteiger partial charge is 0.325 e. The van der Waals surface area contributed by atoms with Crippen LogP contribution in [0, 0.1) is 6.92 Å². The predicted molar refractivity (Wildman–Crippen MR) is 111 cm³/mol. The lowest BCUT2D eigenvalue weighted by Crippen LogP contribution is -2.35. The molecule has 0 radical (unpaired) electrons. The highest BCUT2D eigenvalue weighted by Crippen LogP contribution is 2.33. The fourth-order valence-electron chi connectivity index (χ4n) is 3.80. The summed E-state index contributed by atoms with van der Waals surface area (Å²) in [6.07, 6.45) is 3.21. The van der Waals surface area contributed by atoms with Crippen molar-refractivity contribution in [2.75, 3.05) is 26.0 Å². The van der Waals surface area contributed by atoms with Crippen LogP contribution in [0.4, 0.5) is 5.69 Å². The fourth-order valence-corrected chi connectivity index (χ4v) is 4.79. The first-order valence-corrected chi connectivity index (χ1v) is 10.9. The van der Waals surface area contributed by atoms with Gasteiger partial charge >= 0.3 is 0 Å². The van der Waals surface area contributed by atoms with Crippen molar-refractivity contribution in [1.82, 2.24) is 9.62 Å². The van der Waals surface area contributed by atoms with E-state index in [1.54, 1.807) is 19.1 Å². The molecule has 28 heavy (non-hydrogen) atoms. The van der Waals surface area contributed by atoms with Crippen molar-refractivity contribution in [1.29, 1.82) is 0 Å². The highest BCUT2D eigenvalue weighted by molar-refractivity contribution is 7.89. The van der Waals surface area contributed by atoms with Gasteiger partial charge in [0.2, 0.25) is 15.9 Å². The van der Waals surface area contributed by atoms with E-state index in [1.165, 1.54) is 24.2 Å². The van der Waals surface area contributed by atoms with Crippen LogP contribution in [0.15, 0.2) is 47.4 Å². The minimum absolute atomic E-state index is 0.165. The summed E-state index contributed by atoms with van der Waals surface area (Å²) >= 11 is 0. The van der Waals surface area contributed by atoms with Gasteiger partial charge in [0.25, 0.3) is 0 Å². The Morgan fingerprint density at radius 2 is 1.96 bits per heavy atom. The molecule has 1 atom stereocenters. The molecular weight excluding hydrogens is 374 g/mol. The number of hydrogen-bond acceptors (Lipinski definition) is 4. The van der Waals surface area contributed by atoms with Gasteiger partial charge in [-0.25, -0.2) is 13.1 Å². The Kier molecular flexibility index (Phi) is 6.17. The topological polar surface area (TPSA) is 78.5 Å². The molecule has 2 aromatic rings. The second-order valence-corrected chi connectivity index (χ2v) is 9.11. The van der Waals surface area contributed by atoms with E-state index in [-0.39, 0.29) is 23.4 Å². The minimum Gasteiger partial charge on any atom is -0.325 e. The van der Waals surface area contributed by atoms with Crippen molar-refractivity contribution < 1.29 is 13.2 Å². The van der Waals surface area contributed by atoms with Crippen LogP contribution in [0.25, 0.3) is 0 Å². The van der Waals surface area contributed by atoms with E-state index < -0.39 is 10.0 Å². The number of amides is 1. The van der Waals surface area contributed by atoms with Crippen LogP contribution < -0.4 is 10.0 Å². The number of likely N-dealkylation sites (N-methyl/N-ethyl adjacent to an activating group) is 1. The maximum atomic E-state index is 12.6. The Morgan fingerprint density at radius 1 is 1.21 bits per heavy atom. The van der Waals surface area contributed by atoms with E-state index in [0.29, 0.717) is 11.3 Å². The summed E-state index contributed by atoms with van der Waals surface area (Å²) in [6, 6.07) is 13.5. The molecule has 0 saturated heterocycles. The maximum Gasteiger partial charge on any atom is 0.240 e. The average molecular weight is 402 g/mol. The Morgan fingerprint density at radius 3 is 2.71 bits per heavy atom. The zero-order valence-electron chi connectivity index (χ0n) is 16.5. The maximum absolute atomic E-state index is 12.6. The summed E-state index contributed by atoms with van der Waals surface area (Å²) in [5, 5.41) is 2.83. The van der Waals surface area contributed by atoms with Crippen LogP contribution >= 0.6 is 0 Å². The first-order chi connectivity index (χ1) is 13.3. The van der Waals surface area contributed by atoms with E-state index in [9.17, 15) is 13.2 Å². The quantitative estimate of drug-likeness (QED) is 0.780. The van der Waals surface area contributed by atoms with Crippen LogP contribution in [0.5, 0.6) is 0 Å². The molecule has 6 nitrogen and oxygen atoms in total. The van der Waals surface area contributed by atoms with Gasteiger partial charge in [-0.15, -0.1) is 0 Å². The molecule has 150 valence electrons. The summed E-state index contributed by atoms with van der Waals surface area (Å²) in [6.45, 7) is 1.96. The van der Waals surface area contributed by atoms with E-state index in [2.05, 4.69) is 33.1 Å². The van der Waals surface area contributed by atoms with E-state index in [0.717, 1.165) is 19.3 Å². The van der Waals surface area contributed by atoms with Crippen molar-refractivity contribution >= 4 is 21.6 Å². The van der Waals surface area contributed by atoms with Crippen LogP contribution in [-0.4, -0.2) is 39.9 Å². The van der Waals surface area contributed by atoms with Crippen molar-refractivity contribution in [2.45, 2.75) is 37.1 Å². The summed E-state index contributed by atoms with van der Waals surface area (Å²) in [7, 11) is -0.244. The van der Waals surface area contributed by atoms with Gasteiger partial charge in [0.15, 0.2) is 0 Å². The van der Waals surface area contributed by atoms with Crippen LogP contribution in [0.1, 0.15) is 35.6 Å². The molecule has 0 fully saturated rings. The third kappa shape index (κ3) is 4.43. The van der Waals surface area contributed by atoms with E-state index >= 15 is 0 Å². The van der Waals surface area contributed by atoms with Gasteiger partial charge in [-0.3, -0.25) is 9.69 Å². The molecule has 3 rings (SSSR count). The van der Waals surface area contributed by atoms with Crippen LogP contribution in [0.2, 0.25) is 0 Å². The highest BCUT2D eigenvalue weighted by atomic mass is 32.2. The number of nitrogens with one attached hydrogen (secondary N) is 2. The number of hydrogen-bond donors (Lipinski definition) is 2. The molecule has 2 N–H and O–H groups in total. The van der Waals surface area contributed by atoms with Crippen molar-refractivity contribution in [3.05, 3.63) is 59.2 Å². The molecule has 2 aromatic carbocycles. The average Bonchev–Trinajstić information content (AvgIpc) is 2.68. The van der Waals surface area contributed by atoms with Gasteiger partial charge in [-0.05, 0) is 69.1 Å². The monoisotopic (exact) mass is 401 g/mol. The third-order valence-electron chi connectivity index (χ3n) is 5.29. The molecule has 1 aliphatic carbocycles. The van der Waals surface area contributed by atoms with E-state index in [4.69, 9.17) is 0 Å². The number of aryl methyl sites for hydroxylation is 2. The number of sulfonamides is 1. The fraction of sp³-hybridized carbons (Fsp3) is 0.381. The molecule has 7 heteroatoms. The summed E-state index contributed by atoms with van der Waals surface area (Å²) in [5.74, 6) is -0.165. The Balaban J connectivity index is 1.71. The second-order valence-electron chi connectivity index (χ2n) is 7.26. The first-order valence-electron chi connectivity index (χ1n) is 9.44. The lowest BCUT2D eigenvalue weighted by atomic mass is 9.87. The van der Waals surface area contributed by atoms with Crippen LogP contribution in [-0.2, 0) is 21.2 Å². The Hall–Kier alpha value is -2.22. The smallest absolute Gasteiger partial charge is 0.240 e. The molecular formula is C21H27N3O3S. The standard InChI is InChI=1S/C21H27N3O3S/c1-15-11-12-17(13-20(15)28(26,27)22-2)23-21(25)14-24(3)19-10-6-8-16-7-4-5-9-18(16)19/h4-5,7,9,11-13,19,22H,6,8,10,14H2,1-3H3,(H,23,25)/t19-/m0/s1. The Bertz CT molecular complexity index is 973. The van der Waals surface area contributed by atoms with Gasteiger partial charge in [-0.2, -0.15) is 0 Å². The summed E-state index contributed by atoms with van der Waals surface area (Å²) < 4.78 is 26.6. The zero-order valence-corrected chi connectivity index (χ0v) is 17.3. The molecule has 0 unspecified atom stereocenters. The van der Waals surface area contributed by atoms with Gasteiger partial charge in [0.1, 0.15) is 0 Å². The number of rotatable bonds is 6. The van der Waals surface area contributed by atoms with Crippen molar-refractivity contribution in [3.63, 3.8) is 0 Å². The molecule has 1 amide bonds. The first kappa shape index (κ1) is 20.5. The number of nitrogens with zero attached hydrogens (tertiary/aromatic N) is 1. The van der Waals surface area contributed by atoms with Gasteiger partial charge in [0, 0.05) is 11.7 Å². The Labute approximate surface area is 167 Å². The zero-order chi connectivity index (χ0) is 20.3. The van der Waals surface area contributed by atoms with E-state index in [1.807, 2.05) is 13.1 Å². The summed E-state index contributed by atoms with van der Waals surface area (Å²) in [5.41, 5.74) is 3.75. The number of benzene rings is 2. The van der Waals surface area contributed by atoms with Gasteiger partial charge < -0.3 is 5.32 Å². The highest BCUT2D eigenvalue weighted by Gasteiger charge is 2.24. The number of fused-ring (bicyclic) bond motifs is 1. The van der Waals surface area contributed by atoms with Crippen LogP contribution in [0.3, 0.4) is 0 Å². The van der Waals surface area contributed by atoms with Gasteiger partial charge in [0.05, 0.1) is 11.4 Å². The SMILES string of the molecule is CNS(=O)(=O)c1cc(NC(=O)CN(C)[C@H]2CCCc3ccccc32)ccc1C. The van der Waals surface area contributed by atoms with Crippen molar-refractivity contribution in [3.8, 4) is 0 Å². The lowest BCUT2D eigenvalue weighted by Gasteiger charge is -2.32. The number of carbonyl (C=O) groups is 1. The lowest BCUT2D eigenvalue weighted by molar-refractivity contribution is -0.117. The normalized spacial score (nSPS) is 16.6. The molecule has 0 aromatic heterocycles. The molecule has 0 heterocycles. The molecule has 1 aliphatic rings. The molecule has 0 spiro atoms. The molecule has 0 bridgehead atoms. The third-order valence-corrected chi connectivity index (χ3v) is 6.85.